The summed E-state index contributed by atoms with van der Waals surface area (Å²) in [5, 5.41) is 2.82. The minimum absolute atomic E-state index is 0.174. The first-order valence-electron chi connectivity index (χ1n) is 8.15. The number of nitrogens with zero attached hydrogens (tertiary/aromatic N) is 1. The van der Waals surface area contributed by atoms with E-state index in [9.17, 15) is 4.79 Å². The predicted molar refractivity (Wildman–Crippen MR) is 92.1 cm³/mol. The van der Waals surface area contributed by atoms with Crippen LogP contribution in [0, 0.1) is 11.8 Å². The van der Waals surface area contributed by atoms with Crippen LogP contribution in [0.25, 0.3) is 0 Å². The van der Waals surface area contributed by atoms with E-state index in [0.29, 0.717) is 18.9 Å². The van der Waals surface area contributed by atoms with Crippen LogP contribution >= 0.6 is 0 Å². The predicted octanol–water partition coefficient (Wildman–Crippen LogP) is 3.90. The highest BCUT2D eigenvalue weighted by Gasteiger charge is 2.38. The Labute approximate surface area is 138 Å². The molecule has 0 saturated carbocycles. The van der Waals surface area contributed by atoms with Gasteiger partial charge in [0.2, 0.25) is 0 Å². The van der Waals surface area contributed by atoms with E-state index in [1.54, 1.807) is 6.20 Å². The minimum Gasteiger partial charge on any atom is -0.438 e. The molecule has 4 heteroatoms. The summed E-state index contributed by atoms with van der Waals surface area (Å²) in [6.45, 7) is 8.79. The molecule has 124 valence electrons. The van der Waals surface area contributed by atoms with Crippen LogP contribution < -0.4 is 5.32 Å². The molecule has 1 aliphatic carbocycles. The topological polar surface area (TPSA) is 51.2 Å². The molecule has 2 atom stereocenters. The van der Waals surface area contributed by atoms with E-state index in [1.807, 2.05) is 38.1 Å². The lowest BCUT2D eigenvalue weighted by molar-refractivity contribution is 0.0160. The number of hydrogen-bond donors (Lipinski definition) is 1. The van der Waals surface area contributed by atoms with Gasteiger partial charge < -0.3 is 10.1 Å². The largest absolute Gasteiger partial charge is 0.438 e. The van der Waals surface area contributed by atoms with E-state index in [2.05, 4.69) is 36.3 Å². The molecule has 1 heterocycles. The molecule has 0 fully saturated rings. The Morgan fingerprint density at radius 1 is 1.43 bits per heavy atom. The maximum absolute atomic E-state index is 12.2. The van der Waals surface area contributed by atoms with Crippen LogP contribution in [0.3, 0.4) is 0 Å². The van der Waals surface area contributed by atoms with E-state index in [1.165, 1.54) is 0 Å². The molecule has 2 rings (SSSR count). The lowest BCUT2D eigenvalue weighted by Crippen LogP contribution is -2.44. The Balaban J connectivity index is 1.91. The average molecular weight is 314 g/mol. The third-order valence-electron chi connectivity index (χ3n) is 4.15. The molecule has 0 spiro atoms. The van der Waals surface area contributed by atoms with Gasteiger partial charge in [-0.1, -0.05) is 37.6 Å². The highest BCUT2D eigenvalue weighted by molar-refractivity contribution is 5.68. The second-order valence-electron chi connectivity index (χ2n) is 6.59. The number of allylic oxidation sites excluding steroid dienone is 2. The molecular formula is C19H26N2O2. The van der Waals surface area contributed by atoms with Crippen molar-refractivity contribution in [2.24, 2.45) is 11.8 Å². The number of hydrogen-bond acceptors (Lipinski definition) is 3. The molecule has 0 aromatic carbocycles. The van der Waals surface area contributed by atoms with Crippen LogP contribution in [0.1, 0.15) is 33.4 Å². The summed E-state index contributed by atoms with van der Waals surface area (Å²) in [7, 11) is 0. The Morgan fingerprint density at radius 2 is 2.22 bits per heavy atom. The van der Waals surface area contributed by atoms with Crippen molar-refractivity contribution in [3.8, 4) is 0 Å². The quantitative estimate of drug-likeness (QED) is 0.897. The number of alkyl carbamates (subject to hydrolysis) is 1. The third kappa shape index (κ3) is 4.68. The highest BCUT2D eigenvalue weighted by atomic mass is 16.6. The summed E-state index contributed by atoms with van der Waals surface area (Å²) in [4.78, 5) is 16.4. The van der Waals surface area contributed by atoms with Gasteiger partial charge in [-0.2, -0.15) is 0 Å². The maximum Gasteiger partial charge on any atom is 0.408 e. The van der Waals surface area contributed by atoms with Gasteiger partial charge >= 0.3 is 6.09 Å². The standard InChI is InChI=1S/C19H26N2O2/c1-14(2)17-9-8-15(3)13-19(17,4)23-18(22)21-12-10-16-7-5-6-11-20-16/h5-9,11,13-14,17H,10,12H2,1-4H3,(H,21,22). The summed E-state index contributed by atoms with van der Waals surface area (Å²) < 4.78 is 5.76. The molecule has 0 radical (unpaired) electrons. The molecule has 0 aliphatic heterocycles. The number of amides is 1. The normalized spacial score (nSPS) is 23.5. The smallest absolute Gasteiger partial charge is 0.408 e. The average Bonchev–Trinajstić information content (AvgIpc) is 2.47. The molecule has 1 aromatic heterocycles. The number of ether oxygens (including phenoxy) is 1. The second kappa shape index (κ2) is 7.44. The van der Waals surface area contributed by atoms with Gasteiger partial charge in [-0.15, -0.1) is 0 Å². The van der Waals surface area contributed by atoms with Crippen LogP contribution in [-0.4, -0.2) is 23.2 Å². The summed E-state index contributed by atoms with van der Waals surface area (Å²) in [5.41, 5.74) is 1.46. The second-order valence-corrected chi connectivity index (χ2v) is 6.59. The summed E-state index contributed by atoms with van der Waals surface area (Å²) >= 11 is 0. The molecule has 4 nitrogen and oxygen atoms in total. The molecule has 23 heavy (non-hydrogen) atoms. The first-order valence-corrected chi connectivity index (χ1v) is 8.15. The van der Waals surface area contributed by atoms with Crippen molar-refractivity contribution in [3.05, 3.63) is 53.9 Å². The Kier molecular flexibility index (Phi) is 5.59. The van der Waals surface area contributed by atoms with Gasteiger partial charge in [0, 0.05) is 30.8 Å². The Bertz CT molecular complexity index is 593. The number of carbonyl (C=O) groups excluding carboxylic acids is 1. The van der Waals surface area contributed by atoms with Gasteiger partial charge in [0.1, 0.15) is 5.60 Å². The van der Waals surface area contributed by atoms with Gasteiger partial charge in [-0.25, -0.2) is 4.79 Å². The molecule has 1 N–H and O–H groups in total. The molecule has 1 amide bonds. The van der Waals surface area contributed by atoms with Crippen LogP contribution in [0.2, 0.25) is 0 Å². The highest BCUT2D eigenvalue weighted by Crippen LogP contribution is 2.35. The van der Waals surface area contributed by atoms with Crippen LogP contribution in [0.4, 0.5) is 4.79 Å². The zero-order chi connectivity index (χ0) is 16.9. The van der Waals surface area contributed by atoms with Gasteiger partial charge in [-0.3, -0.25) is 4.98 Å². The number of nitrogens with one attached hydrogen (secondary N) is 1. The van der Waals surface area contributed by atoms with E-state index in [4.69, 9.17) is 4.74 Å². The molecule has 1 aliphatic rings. The van der Waals surface area contributed by atoms with Crippen molar-refractivity contribution < 1.29 is 9.53 Å². The number of rotatable bonds is 5. The first kappa shape index (κ1) is 17.3. The van der Waals surface area contributed by atoms with E-state index in [0.717, 1.165) is 11.3 Å². The number of pyridine rings is 1. The fourth-order valence-corrected chi connectivity index (χ4v) is 3.10. The molecule has 0 bridgehead atoms. The van der Waals surface area contributed by atoms with Gasteiger partial charge in [-0.05, 0) is 38.0 Å². The first-order chi connectivity index (χ1) is 10.9. The summed E-state index contributed by atoms with van der Waals surface area (Å²) in [6.07, 6.45) is 8.33. The van der Waals surface area contributed by atoms with Crippen molar-refractivity contribution in [2.45, 2.75) is 39.7 Å². The van der Waals surface area contributed by atoms with Crippen molar-refractivity contribution in [2.75, 3.05) is 6.54 Å². The molecule has 2 unspecified atom stereocenters. The van der Waals surface area contributed by atoms with E-state index in [-0.39, 0.29) is 12.0 Å². The van der Waals surface area contributed by atoms with Gasteiger partial charge in [0.25, 0.3) is 0 Å². The Hall–Kier alpha value is -2.10. The number of aromatic nitrogens is 1. The molecule has 1 aromatic rings. The van der Waals surface area contributed by atoms with Crippen molar-refractivity contribution in [1.29, 1.82) is 0 Å². The minimum atomic E-state index is -0.609. The van der Waals surface area contributed by atoms with Crippen molar-refractivity contribution >= 4 is 6.09 Å². The molecule has 0 saturated heterocycles. The lowest BCUT2D eigenvalue weighted by atomic mass is 9.76. The van der Waals surface area contributed by atoms with Gasteiger partial charge in [0.05, 0.1) is 0 Å². The number of carbonyl (C=O) groups is 1. The van der Waals surface area contributed by atoms with Crippen molar-refractivity contribution in [1.82, 2.24) is 10.3 Å². The van der Waals surface area contributed by atoms with Crippen molar-refractivity contribution in [3.63, 3.8) is 0 Å². The fraction of sp³-hybridized carbons (Fsp3) is 0.474. The van der Waals surface area contributed by atoms with E-state index < -0.39 is 5.60 Å². The monoisotopic (exact) mass is 314 g/mol. The zero-order valence-electron chi connectivity index (χ0n) is 14.4. The van der Waals surface area contributed by atoms with Gasteiger partial charge in [0.15, 0.2) is 0 Å². The molecular weight excluding hydrogens is 288 g/mol. The Morgan fingerprint density at radius 3 is 2.87 bits per heavy atom. The maximum atomic E-state index is 12.2. The summed E-state index contributed by atoms with van der Waals surface area (Å²) in [5.74, 6) is 0.564. The SMILES string of the molecule is CC1=CC(C)(OC(=O)NCCc2ccccn2)C(C(C)C)C=C1. The third-order valence-corrected chi connectivity index (χ3v) is 4.15. The lowest BCUT2D eigenvalue weighted by Gasteiger charge is -2.38. The zero-order valence-corrected chi connectivity index (χ0v) is 14.4. The van der Waals surface area contributed by atoms with E-state index >= 15 is 0 Å². The van der Waals surface area contributed by atoms with Crippen LogP contribution in [-0.2, 0) is 11.2 Å². The van der Waals surface area contributed by atoms with Crippen LogP contribution in [0.15, 0.2) is 48.2 Å². The van der Waals surface area contributed by atoms with Crippen LogP contribution in [0.5, 0.6) is 0 Å². The fourth-order valence-electron chi connectivity index (χ4n) is 3.10. The summed E-state index contributed by atoms with van der Waals surface area (Å²) in [6, 6.07) is 5.77.